The Balaban J connectivity index is 1.79. The first kappa shape index (κ1) is 27.4. The van der Waals surface area contributed by atoms with Gasteiger partial charge in [0.2, 0.25) is 5.88 Å². The number of hydrogen-bond acceptors (Lipinski definition) is 8. The number of rotatable bonds is 8. The van der Waals surface area contributed by atoms with Gasteiger partial charge in [-0.2, -0.15) is 10.1 Å². The summed E-state index contributed by atoms with van der Waals surface area (Å²) in [6, 6.07) is 10.4. The Bertz CT molecular complexity index is 1620. The van der Waals surface area contributed by atoms with Crippen molar-refractivity contribution < 1.29 is 14.3 Å². The van der Waals surface area contributed by atoms with Crippen LogP contribution in [0.4, 0.5) is 11.4 Å². The van der Waals surface area contributed by atoms with Gasteiger partial charge in [0.1, 0.15) is 11.9 Å². The van der Waals surface area contributed by atoms with E-state index >= 15 is 0 Å². The topological polar surface area (TPSA) is 107 Å². The molecule has 4 aromatic rings. The van der Waals surface area contributed by atoms with Gasteiger partial charge in [-0.25, -0.2) is 9.97 Å². The summed E-state index contributed by atoms with van der Waals surface area (Å²) in [4.78, 5) is 29.5. The van der Waals surface area contributed by atoms with Crippen LogP contribution in [0.1, 0.15) is 53.2 Å². The van der Waals surface area contributed by atoms with Gasteiger partial charge >= 0.3 is 6.01 Å². The van der Waals surface area contributed by atoms with E-state index in [1.807, 2.05) is 37.5 Å². The van der Waals surface area contributed by atoms with Crippen LogP contribution in [-0.2, 0) is 0 Å². The lowest BCUT2D eigenvalue weighted by atomic mass is 10.0. The van der Waals surface area contributed by atoms with E-state index in [4.69, 9.17) is 37.7 Å². The zero-order chi connectivity index (χ0) is 28.7. The second-order valence-electron chi connectivity index (χ2n) is 9.41. The van der Waals surface area contributed by atoms with Gasteiger partial charge in [-0.05, 0) is 56.2 Å². The van der Waals surface area contributed by atoms with E-state index in [-0.39, 0.29) is 23.8 Å². The molecular formula is C28H27Cl2N7O3. The summed E-state index contributed by atoms with van der Waals surface area (Å²) < 4.78 is 12.7. The third-order valence-electron chi connectivity index (χ3n) is 6.74. The standard InChI is InChI=1S/C28H27Cl2N7O3/c1-14(2)36-24-22(33-25(36)19-13-32-28(40-6)34-26(19)39-5)27(38)37(23(24)16-7-9-17(29)10-8-16)21-12-18(30)11-20(15(21)3)35-31-4/h7-14,23,35H,4H2,1-3,5-6H3. The highest BCUT2D eigenvalue weighted by Crippen LogP contribution is 2.47. The minimum absolute atomic E-state index is 0.0942. The number of hydrazone groups is 1. The van der Waals surface area contributed by atoms with Crippen LogP contribution in [0.25, 0.3) is 11.4 Å². The number of imidazole rings is 1. The maximum absolute atomic E-state index is 14.3. The molecule has 1 atom stereocenters. The second kappa shape index (κ2) is 10.8. The van der Waals surface area contributed by atoms with E-state index in [0.717, 1.165) is 11.1 Å². The molecule has 1 amide bonds. The van der Waals surface area contributed by atoms with Crippen molar-refractivity contribution in [3.8, 4) is 23.3 Å². The van der Waals surface area contributed by atoms with Gasteiger partial charge < -0.3 is 14.0 Å². The number of methoxy groups -OCH3 is 2. The Morgan fingerprint density at radius 1 is 1.07 bits per heavy atom. The van der Waals surface area contributed by atoms with Gasteiger partial charge in [0, 0.05) is 29.0 Å². The van der Waals surface area contributed by atoms with Gasteiger partial charge in [0.25, 0.3) is 5.91 Å². The molecule has 0 spiro atoms. The number of amides is 1. The molecule has 0 saturated carbocycles. The minimum atomic E-state index is -0.546. The summed E-state index contributed by atoms with van der Waals surface area (Å²) in [6.07, 6.45) is 1.59. The zero-order valence-corrected chi connectivity index (χ0v) is 24.1. The molecule has 1 N–H and O–H groups in total. The fourth-order valence-electron chi connectivity index (χ4n) is 5.01. The number of anilines is 2. The Morgan fingerprint density at radius 3 is 2.42 bits per heavy atom. The maximum Gasteiger partial charge on any atom is 0.319 e. The van der Waals surface area contributed by atoms with Gasteiger partial charge in [-0.15, -0.1) is 0 Å². The van der Waals surface area contributed by atoms with Crippen LogP contribution in [0.15, 0.2) is 47.7 Å². The van der Waals surface area contributed by atoms with Gasteiger partial charge in [0.05, 0.1) is 36.9 Å². The average molecular weight is 580 g/mol. The van der Waals surface area contributed by atoms with Gasteiger partial charge in [-0.3, -0.25) is 15.1 Å². The Kier molecular flexibility index (Phi) is 7.39. The summed E-state index contributed by atoms with van der Waals surface area (Å²) in [5, 5.41) is 4.82. The number of nitrogens with zero attached hydrogens (tertiary/aromatic N) is 6. The average Bonchev–Trinajstić information content (AvgIpc) is 3.46. The molecule has 0 fully saturated rings. The first-order chi connectivity index (χ1) is 19.2. The number of benzene rings is 2. The fraction of sp³-hybridized carbons (Fsp3) is 0.250. The maximum atomic E-state index is 14.3. The molecule has 2 aromatic heterocycles. The number of carbonyl (C=O) groups is 1. The highest BCUT2D eigenvalue weighted by molar-refractivity contribution is 6.31. The second-order valence-corrected chi connectivity index (χ2v) is 10.3. The van der Waals surface area contributed by atoms with E-state index < -0.39 is 6.04 Å². The summed E-state index contributed by atoms with van der Waals surface area (Å²) in [6.45, 7) is 9.46. The van der Waals surface area contributed by atoms with Gasteiger partial charge in [0.15, 0.2) is 5.69 Å². The molecule has 12 heteroatoms. The molecule has 0 radical (unpaired) electrons. The monoisotopic (exact) mass is 579 g/mol. The quantitative estimate of drug-likeness (QED) is 0.192. The largest absolute Gasteiger partial charge is 0.480 e. The van der Waals surface area contributed by atoms with E-state index in [1.54, 1.807) is 35.4 Å². The lowest BCUT2D eigenvalue weighted by Crippen LogP contribution is -2.31. The number of ether oxygens (including phenoxy) is 2. The van der Waals surface area contributed by atoms with E-state index in [9.17, 15) is 4.79 Å². The molecule has 1 unspecified atom stereocenters. The molecule has 1 aliphatic rings. The Morgan fingerprint density at radius 2 is 1.80 bits per heavy atom. The molecule has 3 heterocycles. The number of halogens is 2. The highest BCUT2D eigenvalue weighted by atomic mass is 35.5. The fourth-order valence-corrected chi connectivity index (χ4v) is 5.34. The first-order valence-corrected chi connectivity index (χ1v) is 13.1. The Hall–Kier alpha value is -4.15. The van der Waals surface area contributed by atoms with Crippen molar-refractivity contribution in [2.45, 2.75) is 32.9 Å². The van der Waals surface area contributed by atoms with Crippen molar-refractivity contribution in [2.24, 2.45) is 5.10 Å². The molecular weight excluding hydrogens is 553 g/mol. The lowest BCUT2D eigenvalue weighted by Gasteiger charge is -2.30. The molecule has 1 aliphatic heterocycles. The van der Waals surface area contributed by atoms with Crippen molar-refractivity contribution in [1.29, 1.82) is 0 Å². The van der Waals surface area contributed by atoms with Crippen LogP contribution < -0.4 is 19.8 Å². The van der Waals surface area contributed by atoms with Crippen molar-refractivity contribution in [3.63, 3.8) is 0 Å². The lowest BCUT2D eigenvalue weighted by molar-refractivity contribution is 0.0989. The number of aromatic nitrogens is 4. The number of fused-ring (bicyclic) bond motifs is 1. The van der Waals surface area contributed by atoms with Crippen LogP contribution in [0.2, 0.25) is 10.0 Å². The molecule has 206 valence electrons. The number of carbonyl (C=O) groups excluding carboxylic acids is 1. The molecule has 40 heavy (non-hydrogen) atoms. The highest BCUT2D eigenvalue weighted by Gasteiger charge is 2.45. The minimum Gasteiger partial charge on any atom is -0.480 e. The smallest absolute Gasteiger partial charge is 0.319 e. The van der Waals surface area contributed by atoms with Crippen molar-refractivity contribution in [1.82, 2.24) is 19.5 Å². The summed E-state index contributed by atoms with van der Waals surface area (Å²) in [7, 11) is 2.99. The predicted molar refractivity (Wildman–Crippen MR) is 156 cm³/mol. The number of nitrogens with one attached hydrogen (secondary N) is 1. The van der Waals surface area contributed by atoms with E-state index in [2.05, 4.69) is 27.2 Å². The summed E-state index contributed by atoms with van der Waals surface area (Å²) in [5.74, 6) is 0.502. The van der Waals surface area contributed by atoms with Crippen molar-refractivity contribution >= 4 is 47.2 Å². The van der Waals surface area contributed by atoms with Gasteiger partial charge in [-0.1, -0.05) is 35.3 Å². The van der Waals surface area contributed by atoms with Crippen LogP contribution in [-0.4, -0.2) is 46.4 Å². The van der Waals surface area contributed by atoms with Crippen LogP contribution in [0, 0.1) is 6.92 Å². The third kappa shape index (κ3) is 4.52. The molecule has 0 aliphatic carbocycles. The normalized spacial score (nSPS) is 14.4. The molecule has 2 aromatic carbocycles. The first-order valence-electron chi connectivity index (χ1n) is 12.4. The van der Waals surface area contributed by atoms with Crippen LogP contribution in [0.3, 0.4) is 0 Å². The molecule has 10 nitrogen and oxygen atoms in total. The molecule has 5 rings (SSSR count). The van der Waals surface area contributed by atoms with E-state index in [1.165, 1.54) is 14.2 Å². The molecule has 0 bridgehead atoms. The predicted octanol–water partition coefficient (Wildman–Crippen LogP) is 6.33. The van der Waals surface area contributed by atoms with Crippen LogP contribution in [0.5, 0.6) is 11.9 Å². The number of hydrogen-bond donors (Lipinski definition) is 1. The summed E-state index contributed by atoms with van der Waals surface area (Å²) >= 11 is 12.8. The zero-order valence-electron chi connectivity index (χ0n) is 22.6. The molecule has 0 saturated heterocycles. The SMILES string of the molecule is C=NNc1cc(Cl)cc(N2C(=O)c3nc(-c4cnc(OC)nc4OC)n(C(C)C)c3C2c2ccc(Cl)cc2)c1C. The Labute approximate surface area is 241 Å². The van der Waals surface area contributed by atoms with Crippen molar-refractivity contribution in [2.75, 3.05) is 24.5 Å². The summed E-state index contributed by atoms with van der Waals surface area (Å²) in [5.41, 5.74) is 7.29. The van der Waals surface area contributed by atoms with Crippen molar-refractivity contribution in [3.05, 3.63) is 75.2 Å². The third-order valence-corrected chi connectivity index (χ3v) is 7.21. The van der Waals surface area contributed by atoms with E-state index in [0.29, 0.717) is 44.2 Å². The van der Waals surface area contributed by atoms with Crippen LogP contribution >= 0.6 is 23.2 Å².